The van der Waals surface area contributed by atoms with Crippen LogP contribution in [0.25, 0.3) is 0 Å². The van der Waals surface area contributed by atoms with Crippen LogP contribution in [-0.4, -0.2) is 23.6 Å². The van der Waals surface area contributed by atoms with Gasteiger partial charge in [0.1, 0.15) is 5.60 Å². The third kappa shape index (κ3) is 3.08. The molecule has 1 N–H and O–H groups in total. The molecule has 0 heterocycles. The Morgan fingerprint density at radius 2 is 1.77 bits per heavy atom. The summed E-state index contributed by atoms with van der Waals surface area (Å²) in [5.41, 5.74) is 0.330. The summed E-state index contributed by atoms with van der Waals surface area (Å²) in [6.45, 7) is 6.06. The highest BCUT2D eigenvalue weighted by molar-refractivity contribution is 5.90. The Balaban J connectivity index is 4.63. The maximum absolute atomic E-state index is 8.96. The molecule has 0 unspecified atom stereocenters. The van der Waals surface area contributed by atoms with Gasteiger partial charge in [-0.15, -0.1) is 0 Å². The maximum atomic E-state index is 8.96. The summed E-state index contributed by atoms with van der Waals surface area (Å²) in [4.78, 5) is 8.74. The molecule has 0 aromatic heterocycles. The first-order chi connectivity index (χ1) is 6.16. The molecular formula is C10H21NO2. The van der Waals surface area contributed by atoms with Crippen LogP contribution in [0.3, 0.4) is 0 Å². The number of rotatable bonds is 6. The van der Waals surface area contributed by atoms with Gasteiger partial charge in [0.2, 0.25) is 0 Å². The van der Waals surface area contributed by atoms with Gasteiger partial charge < -0.3 is 0 Å². The highest BCUT2D eigenvalue weighted by atomic mass is 17.1. The minimum absolute atomic E-state index is 0.543. The molecule has 0 bridgehead atoms. The number of aliphatic imine (C=N–C) groups is 1. The van der Waals surface area contributed by atoms with Crippen molar-refractivity contribution in [3.8, 4) is 0 Å². The Hall–Kier alpha value is -0.410. The van der Waals surface area contributed by atoms with Gasteiger partial charge in [-0.1, -0.05) is 26.7 Å². The Kier molecular flexibility index (Phi) is 5.91. The van der Waals surface area contributed by atoms with Crippen LogP contribution >= 0.6 is 0 Å². The summed E-state index contributed by atoms with van der Waals surface area (Å²) in [6.07, 6.45) is 3.60. The molecule has 0 rings (SSSR count). The van der Waals surface area contributed by atoms with Crippen molar-refractivity contribution in [3.05, 3.63) is 0 Å². The lowest BCUT2D eigenvalue weighted by Gasteiger charge is -2.29. The van der Waals surface area contributed by atoms with Crippen LogP contribution in [0.2, 0.25) is 0 Å². The second kappa shape index (κ2) is 6.11. The molecule has 13 heavy (non-hydrogen) atoms. The van der Waals surface area contributed by atoms with E-state index in [0.29, 0.717) is 0 Å². The van der Waals surface area contributed by atoms with Crippen molar-refractivity contribution in [3.63, 3.8) is 0 Å². The van der Waals surface area contributed by atoms with Crippen molar-refractivity contribution in [2.45, 2.75) is 52.1 Å². The van der Waals surface area contributed by atoms with Gasteiger partial charge >= 0.3 is 0 Å². The zero-order valence-corrected chi connectivity index (χ0v) is 9.13. The molecule has 0 aromatic carbocycles. The number of nitrogens with zero attached hydrogens (tertiary/aromatic N) is 1. The van der Waals surface area contributed by atoms with E-state index in [4.69, 9.17) is 5.26 Å². The zero-order valence-electron chi connectivity index (χ0n) is 9.13. The van der Waals surface area contributed by atoms with Gasteiger partial charge in [-0.2, -0.15) is 0 Å². The van der Waals surface area contributed by atoms with Gasteiger partial charge in [0.05, 0.1) is 0 Å². The Morgan fingerprint density at radius 3 is 2.00 bits per heavy atom. The first-order valence-corrected chi connectivity index (χ1v) is 4.93. The van der Waals surface area contributed by atoms with E-state index >= 15 is 0 Å². The SMILES string of the molecule is CCCC(CCC)(OO)C(C)=NC. The van der Waals surface area contributed by atoms with Crippen LogP contribution in [-0.2, 0) is 4.89 Å². The lowest BCUT2D eigenvalue weighted by molar-refractivity contribution is -0.303. The van der Waals surface area contributed by atoms with E-state index in [1.165, 1.54) is 0 Å². The van der Waals surface area contributed by atoms with Crippen LogP contribution in [0.1, 0.15) is 46.5 Å². The van der Waals surface area contributed by atoms with E-state index in [1.54, 1.807) is 7.05 Å². The van der Waals surface area contributed by atoms with Crippen molar-refractivity contribution < 1.29 is 10.1 Å². The van der Waals surface area contributed by atoms with E-state index in [1.807, 2.05) is 6.92 Å². The van der Waals surface area contributed by atoms with E-state index < -0.39 is 5.60 Å². The molecule has 3 heteroatoms. The lowest BCUT2D eigenvalue weighted by Crippen LogP contribution is -2.39. The molecule has 0 aliphatic heterocycles. The summed E-state index contributed by atoms with van der Waals surface area (Å²) < 4.78 is 0. The normalized spacial score (nSPS) is 13.5. The summed E-state index contributed by atoms with van der Waals surface area (Å²) in [5, 5.41) is 8.96. The fraction of sp³-hybridized carbons (Fsp3) is 0.900. The van der Waals surface area contributed by atoms with E-state index in [0.717, 1.165) is 31.4 Å². The van der Waals surface area contributed by atoms with E-state index in [-0.39, 0.29) is 0 Å². The molecule has 0 radical (unpaired) electrons. The average molecular weight is 187 g/mol. The molecule has 0 atom stereocenters. The topological polar surface area (TPSA) is 41.8 Å². The second-order valence-electron chi connectivity index (χ2n) is 3.39. The highest BCUT2D eigenvalue weighted by Gasteiger charge is 2.32. The van der Waals surface area contributed by atoms with Crippen molar-refractivity contribution in [2.24, 2.45) is 4.99 Å². The predicted octanol–water partition coefficient (Wildman–Crippen LogP) is 2.91. The maximum Gasteiger partial charge on any atom is 0.140 e. The molecule has 0 aliphatic carbocycles. The fourth-order valence-electron chi connectivity index (χ4n) is 1.66. The zero-order chi connectivity index (χ0) is 10.3. The van der Waals surface area contributed by atoms with E-state index in [2.05, 4.69) is 23.7 Å². The Morgan fingerprint density at radius 1 is 1.31 bits per heavy atom. The molecule has 0 spiro atoms. The molecule has 0 fully saturated rings. The van der Waals surface area contributed by atoms with Gasteiger partial charge in [0, 0.05) is 12.8 Å². The van der Waals surface area contributed by atoms with Gasteiger partial charge in [0.25, 0.3) is 0 Å². The monoisotopic (exact) mass is 187 g/mol. The Labute approximate surface area is 80.8 Å². The van der Waals surface area contributed by atoms with Gasteiger partial charge in [0.15, 0.2) is 0 Å². The molecule has 0 aromatic rings. The summed E-state index contributed by atoms with van der Waals surface area (Å²) in [7, 11) is 1.73. The van der Waals surface area contributed by atoms with Crippen LogP contribution in [0.15, 0.2) is 4.99 Å². The van der Waals surface area contributed by atoms with E-state index in [9.17, 15) is 0 Å². The van der Waals surface area contributed by atoms with Gasteiger partial charge in [-0.05, 0) is 19.8 Å². The molecule has 3 nitrogen and oxygen atoms in total. The van der Waals surface area contributed by atoms with Crippen molar-refractivity contribution in [1.82, 2.24) is 0 Å². The predicted molar refractivity (Wildman–Crippen MR) is 55.3 cm³/mol. The third-order valence-electron chi connectivity index (χ3n) is 2.48. The van der Waals surface area contributed by atoms with Crippen LogP contribution < -0.4 is 0 Å². The van der Waals surface area contributed by atoms with Crippen LogP contribution in [0, 0.1) is 0 Å². The largest absolute Gasteiger partial charge is 0.295 e. The standard InChI is InChI=1S/C10H21NO2/c1-5-7-10(13-12,8-6-2)9(3)11-4/h12H,5-8H2,1-4H3. The minimum atomic E-state index is -0.543. The summed E-state index contributed by atoms with van der Waals surface area (Å²) >= 11 is 0. The summed E-state index contributed by atoms with van der Waals surface area (Å²) in [5.74, 6) is 0. The van der Waals surface area contributed by atoms with Crippen LogP contribution in [0.5, 0.6) is 0 Å². The quantitative estimate of drug-likeness (QED) is 0.394. The van der Waals surface area contributed by atoms with Gasteiger partial charge in [-0.25, -0.2) is 4.89 Å². The van der Waals surface area contributed by atoms with Crippen molar-refractivity contribution in [2.75, 3.05) is 7.05 Å². The van der Waals surface area contributed by atoms with Crippen LogP contribution in [0.4, 0.5) is 0 Å². The first kappa shape index (κ1) is 12.6. The first-order valence-electron chi connectivity index (χ1n) is 4.93. The lowest BCUT2D eigenvalue weighted by atomic mass is 9.88. The average Bonchev–Trinajstić information content (AvgIpc) is 2.16. The molecule has 0 saturated heterocycles. The number of hydrogen-bond donors (Lipinski definition) is 1. The van der Waals surface area contributed by atoms with Crippen molar-refractivity contribution >= 4 is 5.71 Å². The Bertz CT molecular complexity index is 160. The minimum Gasteiger partial charge on any atom is -0.295 e. The fourth-order valence-corrected chi connectivity index (χ4v) is 1.66. The second-order valence-corrected chi connectivity index (χ2v) is 3.39. The van der Waals surface area contributed by atoms with Gasteiger partial charge in [-0.3, -0.25) is 10.2 Å². The third-order valence-corrected chi connectivity index (χ3v) is 2.48. The smallest absolute Gasteiger partial charge is 0.140 e. The molecule has 0 aliphatic rings. The molecular weight excluding hydrogens is 166 g/mol. The number of hydrogen-bond acceptors (Lipinski definition) is 3. The molecule has 78 valence electrons. The van der Waals surface area contributed by atoms with Crippen molar-refractivity contribution in [1.29, 1.82) is 0 Å². The highest BCUT2D eigenvalue weighted by Crippen LogP contribution is 2.25. The molecule has 0 saturated carbocycles. The molecule has 0 amide bonds. The summed E-state index contributed by atoms with van der Waals surface area (Å²) in [6, 6.07) is 0.